The maximum atomic E-state index is 12.3. The molecule has 2 heteroatoms. The highest BCUT2D eigenvalue weighted by Gasteiger charge is 2.19. The van der Waals surface area contributed by atoms with Gasteiger partial charge in [0.2, 0.25) is 5.91 Å². The minimum atomic E-state index is 0.334. The van der Waals surface area contributed by atoms with E-state index in [0.29, 0.717) is 16.7 Å². The highest BCUT2D eigenvalue weighted by Crippen LogP contribution is 2.30. The standard InChI is InChI=1S/C26H53NO/c1-8-10-11-16-20-26(5,6)21-17-14-12-13-15-18-24(28)27(7)23-22-25(3,4)19-9-2/h8-23H2,1-7H3. The molecule has 0 aromatic heterocycles. The molecule has 28 heavy (non-hydrogen) atoms. The minimum absolute atomic E-state index is 0.334. The largest absolute Gasteiger partial charge is 0.346 e. The first-order valence-electron chi connectivity index (χ1n) is 12.4. The van der Waals surface area contributed by atoms with Crippen LogP contribution in [0.15, 0.2) is 0 Å². The van der Waals surface area contributed by atoms with Gasteiger partial charge in [0.05, 0.1) is 0 Å². The molecular formula is C26H53NO. The predicted molar refractivity (Wildman–Crippen MR) is 126 cm³/mol. The van der Waals surface area contributed by atoms with Crippen LogP contribution >= 0.6 is 0 Å². The lowest BCUT2D eigenvalue weighted by molar-refractivity contribution is -0.130. The first kappa shape index (κ1) is 27.5. The third-order valence-electron chi connectivity index (χ3n) is 6.43. The smallest absolute Gasteiger partial charge is 0.222 e. The Kier molecular flexibility index (Phi) is 15.0. The van der Waals surface area contributed by atoms with Crippen molar-refractivity contribution in [1.82, 2.24) is 4.90 Å². The van der Waals surface area contributed by atoms with Gasteiger partial charge in [-0.2, -0.15) is 0 Å². The van der Waals surface area contributed by atoms with E-state index >= 15 is 0 Å². The Morgan fingerprint density at radius 1 is 0.643 bits per heavy atom. The normalized spacial score (nSPS) is 12.4. The number of carbonyl (C=O) groups is 1. The summed E-state index contributed by atoms with van der Waals surface area (Å²) in [5.74, 6) is 0.334. The molecule has 2 nitrogen and oxygen atoms in total. The first-order valence-corrected chi connectivity index (χ1v) is 12.4. The average Bonchev–Trinajstić information content (AvgIpc) is 2.62. The number of unbranched alkanes of at least 4 members (excludes halogenated alkanes) is 7. The lowest BCUT2D eigenvalue weighted by Gasteiger charge is -2.27. The molecule has 0 saturated heterocycles. The monoisotopic (exact) mass is 395 g/mol. The average molecular weight is 396 g/mol. The van der Waals surface area contributed by atoms with Gasteiger partial charge in [-0.1, -0.05) is 99.3 Å². The highest BCUT2D eigenvalue weighted by molar-refractivity contribution is 5.75. The van der Waals surface area contributed by atoms with Gasteiger partial charge in [-0.15, -0.1) is 0 Å². The zero-order valence-electron chi connectivity index (χ0n) is 20.7. The van der Waals surface area contributed by atoms with Crippen molar-refractivity contribution in [2.75, 3.05) is 13.6 Å². The van der Waals surface area contributed by atoms with Gasteiger partial charge >= 0.3 is 0 Å². The van der Waals surface area contributed by atoms with Gasteiger partial charge < -0.3 is 4.90 Å². The summed E-state index contributed by atoms with van der Waals surface area (Å²) in [4.78, 5) is 14.3. The van der Waals surface area contributed by atoms with Crippen LogP contribution in [-0.2, 0) is 4.79 Å². The Labute approximate surface area is 178 Å². The fourth-order valence-corrected chi connectivity index (χ4v) is 4.15. The van der Waals surface area contributed by atoms with E-state index in [0.717, 1.165) is 25.8 Å². The van der Waals surface area contributed by atoms with Gasteiger partial charge in [0, 0.05) is 20.0 Å². The Morgan fingerprint density at radius 2 is 1.14 bits per heavy atom. The summed E-state index contributed by atoms with van der Waals surface area (Å²) in [6.07, 6.45) is 18.8. The molecule has 0 bridgehead atoms. The summed E-state index contributed by atoms with van der Waals surface area (Å²) in [6.45, 7) is 14.9. The molecule has 0 atom stereocenters. The van der Waals surface area contributed by atoms with Crippen LogP contribution in [-0.4, -0.2) is 24.4 Å². The number of hydrogen-bond acceptors (Lipinski definition) is 1. The molecule has 0 radical (unpaired) electrons. The third kappa shape index (κ3) is 15.4. The fourth-order valence-electron chi connectivity index (χ4n) is 4.15. The van der Waals surface area contributed by atoms with Gasteiger partial charge in [0.25, 0.3) is 0 Å². The molecule has 0 aromatic carbocycles. The van der Waals surface area contributed by atoms with E-state index in [-0.39, 0.29) is 0 Å². The summed E-state index contributed by atoms with van der Waals surface area (Å²) in [5.41, 5.74) is 0.866. The van der Waals surface area contributed by atoms with Crippen molar-refractivity contribution in [2.45, 2.75) is 138 Å². The molecule has 168 valence electrons. The second kappa shape index (κ2) is 15.3. The van der Waals surface area contributed by atoms with E-state index in [1.165, 1.54) is 77.0 Å². The molecule has 0 aliphatic rings. The number of hydrogen-bond donors (Lipinski definition) is 0. The Bertz CT molecular complexity index is 386. The zero-order chi connectivity index (χ0) is 21.5. The van der Waals surface area contributed by atoms with E-state index in [4.69, 9.17) is 0 Å². The molecule has 0 heterocycles. The summed E-state index contributed by atoms with van der Waals surface area (Å²) in [7, 11) is 1.98. The number of amides is 1. The van der Waals surface area contributed by atoms with Gasteiger partial charge in [-0.25, -0.2) is 0 Å². The molecule has 0 spiro atoms. The summed E-state index contributed by atoms with van der Waals surface area (Å²) < 4.78 is 0. The van der Waals surface area contributed by atoms with E-state index in [2.05, 4.69) is 41.5 Å². The van der Waals surface area contributed by atoms with E-state index in [1.807, 2.05) is 11.9 Å². The van der Waals surface area contributed by atoms with Crippen molar-refractivity contribution < 1.29 is 4.79 Å². The van der Waals surface area contributed by atoms with Crippen LogP contribution in [0.1, 0.15) is 138 Å². The van der Waals surface area contributed by atoms with Crippen molar-refractivity contribution >= 4 is 5.91 Å². The lowest BCUT2D eigenvalue weighted by Crippen LogP contribution is -2.30. The van der Waals surface area contributed by atoms with Crippen LogP contribution < -0.4 is 0 Å². The number of carbonyl (C=O) groups excluding carboxylic acids is 1. The highest BCUT2D eigenvalue weighted by atomic mass is 16.2. The van der Waals surface area contributed by atoms with E-state index in [1.54, 1.807) is 0 Å². The molecule has 0 fully saturated rings. The maximum absolute atomic E-state index is 12.3. The quantitative estimate of drug-likeness (QED) is 0.213. The van der Waals surface area contributed by atoms with Crippen LogP contribution in [0.2, 0.25) is 0 Å². The second-order valence-electron chi connectivity index (χ2n) is 10.7. The van der Waals surface area contributed by atoms with Crippen molar-refractivity contribution in [3.8, 4) is 0 Å². The zero-order valence-corrected chi connectivity index (χ0v) is 20.7. The van der Waals surface area contributed by atoms with Crippen molar-refractivity contribution in [1.29, 1.82) is 0 Å². The van der Waals surface area contributed by atoms with Crippen LogP contribution in [0.5, 0.6) is 0 Å². The van der Waals surface area contributed by atoms with Gasteiger partial charge in [0.1, 0.15) is 0 Å². The second-order valence-corrected chi connectivity index (χ2v) is 10.7. The molecule has 0 saturated carbocycles. The molecule has 1 amide bonds. The molecule has 0 N–H and O–H groups in total. The van der Waals surface area contributed by atoms with Gasteiger partial charge in [0.15, 0.2) is 0 Å². The minimum Gasteiger partial charge on any atom is -0.346 e. The van der Waals surface area contributed by atoms with Crippen molar-refractivity contribution in [3.05, 3.63) is 0 Å². The molecule has 0 aromatic rings. The molecule has 0 rings (SSSR count). The lowest BCUT2D eigenvalue weighted by atomic mass is 9.82. The fraction of sp³-hybridized carbons (Fsp3) is 0.962. The molecule has 0 unspecified atom stereocenters. The Balaban J connectivity index is 3.72. The number of rotatable bonds is 18. The van der Waals surface area contributed by atoms with Gasteiger partial charge in [-0.3, -0.25) is 4.79 Å². The SMILES string of the molecule is CCCCCCC(C)(C)CCCCCCCC(=O)N(C)CCC(C)(C)CCC. The van der Waals surface area contributed by atoms with E-state index < -0.39 is 0 Å². The van der Waals surface area contributed by atoms with Crippen molar-refractivity contribution in [3.63, 3.8) is 0 Å². The van der Waals surface area contributed by atoms with Crippen LogP contribution in [0.3, 0.4) is 0 Å². The van der Waals surface area contributed by atoms with Crippen LogP contribution in [0, 0.1) is 10.8 Å². The molecular weight excluding hydrogens is 342 g/mol. The first-order chi connectivity index (χ1) is 13.1. The molecule has 0 aliphatic heterocycles. The Morgan fingerprint density at radius 3 is 1.71 bits per heavy atom. The molecule has 0 aliphatic carbocycles. The number of nitrogens with zero attached hydrogens (tertiary/aromatic N) is 1. The van der Waals surface area contributed by atoms with Gasteiger partial charge in [-0.05, 0) is 42.9 Å². The predicted octanol–water partition coefficient (Wildman–Crippen LogP) is 8.39. The van der Waals surface area contributed by atoms with Crippen LogP contribution in [0.4, 0.5) is 0 Å². The van der Waals surface area contributed by atoms with E-state index in [9.17, 15) is 4.79 Å². The maximum Gasteiger partial charge on any atom is 0.222 e. The summed E-state index contributed by atoms with van der Waals surface area (Å²) in [6, 6.07) is 0. The third-order valence-corrected chi connectivity index (χ3v) is 6.43. The van der Waals surface area contributed by atoms with Crippen molar-refractivity contribution in [2.24, 2.45) is 10.8 Å². The summed E-state index contributed by atoms with van der Waals surface area (Å²) in [5, 5.41) is 0. The Hall–Kier alpha value is -0.530. The summed E-state index contributed by atoms with van der Waals surface area (Å²) >= 11 is 0. The topological polar surface area (TPSA) is 20.3 Å². The van der Waals surface area contributed by atoms with Crippen LogP contribution in [0.25, 0.3) is 0 Å².